The Morgan fingerprint density at radius 1 is 1.59 bits per heavy atom. The van der Waals surface area contributed by atoms with Crippen molar-refractivity contribution in [2.45, 2.75) is 39.2 Å². The molecular formula is C12H17N3O2. The van der Waals surface area contributed by atoms with Gasteiger partial charge in [0.2, 0.25) is 11.8 Å². The van der Waals surface area contributed by atoms with Crippen LogP contribution in [0.5, 0.6) is 0 Å². The van der Waals surface area contributed by atoms with Crippen LogP contribution in [0.1, 0.15) is 43.9 Å². The van der Waals surface area contributed by atoms with Gasteiger partial charge in [-0.3, -0.25) is 4.79 Å². The number of allylic oxidation sites excluding steroid dienone is 2. The Hall–Kier alpha value is -1.65. The molecule has 1 aliphatic carbocycles. The Labute approximate surface area is 100 Å². The van der Waals surface area contributed by atoms with Gasteiger partial charge in [0.25, 0.3) is 0 Å². The average Bonchev–Trinajstić information content (AvgIpc) is 2.77. The largest absolute Gasteiger partial charge is 0.344 e. The second-order valence-electron chi connectivity index (χ2n) is 4.39. The third-order valence-corrected chi connectivity index (χ3v) is 2.91. The number of nitrogens with one attached hydrogen (secondary N) is 1. The molecule has 0 aliphatic heterocycles. The van der Waals surface area contributed by atoms with Crippen LogP contribution in [0.4, 0.5) is 0 Å². The van der Waals surface area contributed by atoms with Crippen molar-refractivity contribution in [2.24, 2.45) is 5.92 Å². The first kappa shape index (κ1) is 11.8. The van der Waals surface area contributed by atoms with Gasteiger partial charge in [-0.05, 0) is 33.1 Å². The van der Waals surface area contributed by atoms with E-state index in [9.17, 15) is 4.79 Å². The minimum absolute atomic E-state index is 0.0673. The van der Waals surface area contributed by atoms with E-state index in [1.807, 2.05) is 6.92 Å². The lowest BCUT2D eigenvalue weighted by Crippen LogP contribution is -2.33. The summed E-state index contributed by atoms with van der Waals surface area (Å²) in [7, 11) is 0. The molecule has 1 aromatic rings. The smallest absolute Gasteiger partial charge is 0.248 e. The second kappa shape index (κ2) is 5.12. The molecule has 0 saturated carbocycles. The standard InChI is InChI=1S/C12H17N3O2/c1-8(12-14-9(2)15-17-12)13-11(16)10-6-4-3-5-7-10/h3-4,8,10H,5-7H2,1-2H3,(H,13,16). The van der Waals surface area contributed by atoms with Crippen LogP contribution >= 0.6 is 0 Å². The fourth-order valence-corrected chi connectivity index (χ4v) is 1.91. The summed E-state index contributed by atoms with van der Waals surface area (Å²) >= 11 is 0. The van der Waals surface area contributed by atoms with Crippen LogP contribution < -0.4 is 5.32 Å². The highest BCUT2D eigenvalue weighted by Gasteiger charge is 2.22. The highest BCUT2D eigenvalue weighted by atomic mass is 16.5. The molecule has 1 heterocycles. The molecule has 0 saturated heterocycles. The fraction of sp³-hybridized carbons (Fsp3) is 0.583. The van der Waals surface area contributed by atoms with Crippen molar-refractivity contribution in [3.8, 4) is 0 Å². The van der Waals surface area contributed by atoms with Crippen molar-refractivity contribution in [2.75, 3.05) is 0 Å². The molecule has 0 radical (unpaired) electrons. The molecule has 1 aliphatic rings. The van der Waals surface area contributed by atoms with Gasteiger partial charge in [0, 0.05) is 5.92 Å². The molecule has 17 heavy (non-hydrogen) atoms. The van der Waals surface area contributed by atoms with Crippen LogP contribution in [-0.4, -0.2) is 16.0 Å². The average molecular weight is 235 g/mol. The zero-order valence-electron chi connectivity index (χ0n) is 10.1. The summed E-state index contributed by atoms with van der Waals surface area (Å²) in [6.07, 6.45) is 6.90. The topological polar surface area (TPSA) is 68.0 Å². The number of aryl methyl sites for hydroxylation is 1. The van der Waals surface area contributed by atoms with Gasteiger partial charge in [0.15, 0.2) is 5.82 Å². The molecule has 1 aromatic heterocycles. The van der Waals surface area contributed by atoms with Gasteiger partial charge < -0.3 is 9.84 Å². The molecule has 1 amide bonds. The summed E-state index contributed by atoms with van der Waals surface area (Å²) in [5, 5.41) is 6.62. The highest BCUT2D eigenvalue weighted by molar-refractivity contribution is 5.79. The van der Waals surface area contributed by atoms with Crippen LogP contribution in [0, 0.1) is 12.8 Å². The number of carbonyl (C=O) groups excluding carboxylic acids is 1. The highest BCUT2D eigenvalue weighted by Crippen LogP contribution is 2.19. The predicted molar refractivity (Wildman–Crippen MR) is 62.1 cm³/mol. The summed E-state index contributed by atoms with van der Waals surface area (Å²) in [5.74, 6) is 1.19. The van der Waals surface area contributed by atoms with E-state index >= 15 is 0 Å². The molecule has 5 nitrogen and oxygen atoms in total. The SMILES string of the molecule is Cc1noc(C(C)NC(=O)C2CC=CCC2)n1. The van der Waals surface area contributed by atoms with Crippen molar-refractivity contribution < 1.29 is 9.32 Å². The maximum absolute atomic E-state index is 12.0. The van der Waals surface area contributed by atoms with Crippen molar-refractivity contribution >= 4 is 5.91 Å². The van der Waals surface area contributed by atoms with E-state index in [4.69, 9.17) is 4.52 Å². The zero-order chi connectivity index (χ0) is 12.3. The summed E-state index contributed by atoms with van der Waals surface area (Å²) in [6, 6.07) is -0.227. The van der Waals surface area contributed by atoms with Crippen LogP contribution in [0.3, 0.4) is 0 Å². The molecule has 0 bridgehead atoms. The van der Waals surface area contributed by atoms with E-state index in [0.29, 0.717) is 11.7 Å². The normalized spacial score (nSPS) is 21.2. The Kier molecular flexibility index (Phi) is 3.56. The molecule has 1 N–H and O–H groups in total. The van der Waals surface area contributed by atoms with E-state index in [1.165, 1.54) is 0 Å². The van der Waals surface area contributed by atoms with Crippen molar-refractivity contribution in [3.05, 3.63) is 23.9 Å². The summed E-state index contributed by atoms with van der Waals surface area (Å²) in [4.78, 5) is 16.1. The Bertz CT molecular complexity index is 425. The number of nitrogens with zero attached hydrogens (tertiary/aromatic N) is 2. The van der Waals surface area contributed by atoms with E-state index < -0.39 is 0 Å². The first-order valence-electron chi connectivity index (χ1n) is 5.92. The monoisotopic (exact) mass is 235 g/mol. The maximum Gasteiger partial charge on any atom is 0.248 e. The van der Waals surface area contributed by atoms with Crippen molar-refractivity contribution in [1.82, 2.24) is 15.5 Å². The number of carbonyl (C=O) groups is 1. The number of aromatic nitrogens is 2. The number of hydrogen-bond acceptors (Lipinski definition) is 4. The molecule has 92 valence electrons. The van der Waals surface area contributed by atoms with Crippen LogP contribution in [0.2, 0.25) is 0 Å². The fourth-order valence-electron chi connectivity index (χ4n) is 1.91. The summed E-state index contributed by atoms with van der Waals surface area (Å²) in [5.41, 5.74) is 0. The Morgan fingerprint density at radius 3 is 3.00 bits per heavy atom. The molecule has 2 unspecified atom stereocenters. The number of hydrogen-bond donors (Lipinski definition) is 1. The second-order valence-corrected chi connectivity index (χ2v) is 4.39. The third-order valence-electron chi connectivity index (χ3n) is 2.91. The van der Waals surface area contributed by atoms with Crippen LogP contribution in [-0.2, 0) is 4.79 Å². The molecule has 2 rings (SSSR count). The number of rotatable bonds is 3. The van der Waals surface area contributed by atoms with Gasteiger partial charge in [-0.1, -0.05) is 17.3 Å². The number of amides is 1. The molecule has 0 spiro atoms. The first-order valence-corrected chi connectivity index (χ1v) is 5.92. The molecule has 2 atom stereocenters. The predicted octanol–water partition coefficient (Wildman–Crippen LogP) is 1.91. The van der Waals surface area contributed by atoms with Gasteiger partial charge in [-0.15, -0.1) is 0 Å². The van der Waals surface area contributed by atoms with E-state index in [2.05, 4.69) is 27.6 Å². The van der Waals surface area contributed by atoms with Crippen LogP contribution in [0.15, 0.2) is 16.7 Å². The zero-order valence-corrected chi connectivity index (χ0v) is 10.1. The first-order chi connectivity index (χ1) is 8.16. The minimum atomic E-state index is -0.227. The molecular weight excluding hydrogens is 218 g/mol. The lowest BCUT2D eigenvalue weighted by atomic mass is 9.93. The van der Waals surface area contributed by atoms with E-state index in [0.717, 1.165) is 19.3 Å². The lowest BCUT2D eigenvalue weighted by molar-refractivity contribution is -0.126. The molecule has 0 fully saturated rings. The Morgan fingerprint density at radius 2 is 2.41 bits per heavy atom. The summed E-state index contributed by atoms with van der Waals surface area (Å²) < 4.78 is 5.02. The van der Waals surface area contributed by atoms with E-state index in [-0.39, 0.29) is 17.9 Å². The van der Waals surface area contributed by atoms with Crippen molar-refractivity contribution in [3.63, 3.8) is 0 Å². The molecule has 5 heteroatoms. The Balaban J connectivity index is 1.92. The van der Waals surface area contributed by atoms with Gasteiger partial charge in [0.05, 0.1) is 0 Å². The van der Waals surface area contributed by atoms with Gasteiger partial charge in [-0.25, -0.2) is 0 Å². The van der Waals surface area contributed by atoms with E-state index in [1.54, 1.807) is 6.92 Å². The third kappa shape index (κ3) is 2.93. The van der Waals surface area contributed by atoms with Crippen molar-refractivity contribution in [1.29, 1.82) is 0 Å². The lowest BCUT2D eigenvalue weighted by Gasteiger charge is -2.19. The van der Waals surface area contributed by atoms with Crippen LogP contribution in [0.25, 0.3) is 0 Å². The molecule has 0 aromatic carbocycles. The quantitative estimate of drug-likeness (QED) is 0.812. The van der Waals surface area contributed by atoms with Gasteiger partial charge in [0.1, 0.15) is 6.04 Å². The minimum Gasteiger partial charge on any atom is -0.344 e. The maximum atomic E-state index is 12.0. The summed E-state index contributed by atoms with van der Waals surface area (Å²) in [6.45, 7) is 3.61. The van der Waals surface area contributed by atoms with Gasteiger partial charge >= 0.3 is 0 Å². The van der Waals surface area contributed by atoms with Gasteiger partial charge in [-0.2, -0.15) is 4.98 Å².